The molecule has 33 heavy (non-hydrogen) atoms. The van der Waals surface area contributed by atoms with Gasteiger partial charge in [-0.1, -0.05) is 53.5 Å². The molecule has 3 aromatic carbocycles. The van der Waals surface area contributed by atoms with Crippen LogP contribution in [0.15, 0.2) is 71.6 Å². The zero-order valence-electron chi connectivity index (χ0n) is 17.5. The molecular weight excluding hydrogens is 490 g/mol. The monoisotopic (exact) mass is 510 g/mol. The second-order valence-corrected chi connectivity index (χ2v) is 9.54. The van der Waals surface area contributed by atoms with E-state index in [2.05, 4.69) is 10.0 Å². The topological polar surface area (TPSA) is 84.5 Å². The summed E-state index contributed by atoms with van der Waals surface area (Å²) in [6.45, 7) is 2.15. The molecule has 0 aromatic heterocycles. The van der Waals surface area contributed by atoms with E-state index in [1.54, 1.807) is 31.2 Å². The summed E-state index contributed by atoms with van der Waals surface area (Å²) in [5, 5.41) is 2.54. The van der Waals surface area contributed by atoms with Gasteiger partial charge in [0.25, 0.3) is 0 Å². The van der Waals surface area contributed by atoms with E-state index in [0.717, 1.165) is 11.6 Å². The average molecular weight is 511 g/mol. The molecule has 0 heterocycles. The standard InChI is InChI=1S/C23H21Cl2FN2O4S/c1-2-32-22-11-9-17(14-19(22)25)33(30,31)28-21(12-15-6-4-3-5-7-15)23(29)27-16-8-10-20(26)18(24)13-16/h3-11,13-14,21,28H,2,12H2,1H3,(H,27,29)/t21-/m0/s1. The Morgan fingerprint density at radius 3 is 2.39 bits per heavy atom. The van der Waals surface area contributed by atoms with Gasteiger partial charge in [0.1, 0.15) is 17.6 Å². The molecule has 0 saturated heterocycles. The predicted molar refractivity (Wildman–Crippen MR) is 127 cm³/mol. The van der Waals surface area contributed by atoms with Crippen LogP contribution in [0, 0.1) is 5.82 Å². The zero-order chi connectivity index (χ0) is 24.0. The lowest BCUT2D eigenvalue weighted by atomic mass is 10.1. The number of carbonyl (C=O) groups excluding carboxylic acids is 1. The van der Waals surface area contributed by atoms with Gasteiger partial charge in [0.15, 0.2) is 0 Å². The van der Waals surface area contributed by atoms with E-state index >= 15 is 0 Å². The summed E-state index contributed by atoms with van der Waals surface area (Å²) < 4.78 is 47.3. The molecule has 0 fully saturated rings. The van der Waals surface area contributed by atoms with Crippen LogP contribution in [0.5, 0.6) is 5.75 Å². The van der Waals surface area contributed by atoms with E-state index in [0.29, 0.717) is 12.4 Å². The Labute approximate surface area is 201 Å². The molecule has 0 aliphatic heterocycles. The molecule has 3 rings (SSSR count). The van der Waals surface area contributed by atoms with Crippen LogP contribution in [0.25, 0.3) is 0 Å². The molecular formula is C23H21Cl2FN2O4S. The van der Waals surface area contributed by atoms with E-state index in [4.69, 9.17) is 27.9 Å². The Morgan fingerprint density at radius 2 is 1.76 bits per heavy atom. The van der Waals surface area contributed by atoms with Crippen molar-refractivity contribution in [1.82, 2.24) is 4.72 Å². The van der Waals surface area contributed by atoms with Crippen LogP contribution in [-0.4, -0.2) is 27.0 Å². The highest BCUT2D eigenvalue weighted by Gasteiger charge is 2.27. The van der Waals surface area contributed by atoms with Crippen LogP contribution in [0.2, 0.25) is 10.0 Å². The molecule has 2 N–H and O–H groups in total. The fraction of sp³-hybridized carbons (Fsp3) is 0.174. The number of halogens is 3. The van der Waals surface area contributed by atoms with E-state index < -0.39 is 27.8 Å². The number of hydrogen-bond acceptors (Lipinski definition) is 4. The first kappa shape index (κ1) is 25.0. The molecule has 0 spiro atoms. The SMILES string of the molecule is CCOc1ccc(S(=O)(=O)N[C@@H](Cc2ccccc2)C(=O)Nc2ccc(F)c(Cl)c2)cc1Cl. The van der Waals surface area contributed by atoms with Gasteiger partial charge in [-0.2, -0.15) is 4.72 Å². The van der Waals surface area contributed by atoms with Crippen molar-refractivity contribution in [3.8, 4) is 5.75 Å². The summed E-state index contributed by atoms with van der Waals surface area (Å²) in [4.78, 5) is 12.9. The van der Waals surface area contributed by atoms with Gasteiger partial charge in [0.05, 0.1) is 21.5 Å². The van der Waals surface area contributed by atoms with E-state index in [9.17, 15) is 17.6 Å². The lowest BCUT2D eigenvalue weighted by Gasteiger charge is -2.19. The van der Waals surface area contributed by atoms with Crippen molar-refractivity contribution >= 4 is 44.8 Å². The minimum atomic E-state index is -4.12. The first-order valence-corrected chi connectivity index (χ1v) is 12.2. The first-order valence-electron chi connectivity index (χ1n) is 9.94. The van der Waals surface area contributed by atoms with E-state index in [-0.39, 0.29) is 27.0 Å². The van der Waals surface area contributed by atoms with Crippen LogP contribution < -0.4 is 14.8 Å². The molecule has 0 unspecified atom stereocenters. The van der Waals surface area contributed by atoms with Crippen molar-refractivity contribution in [2.45, 2.75) is 24.3 Å². The summed E-state index contributed by atoms with van der Waals surface area (Å²) in [5.74, 6) is -0.921. The van der Waals surface area contributed by atoms with Crippen molar-refractivity contribution < 1.29 is 22.3 Å². The molecule has 0 saturated carbocycles. The van der Waals surface area contributed by atoms with E-state index in [1.807, 2.05) is 6.07 Å². The molecule has 1 atom stereocenters. The molecule has 0 aliphatic carbocycles. The number of sulfonamides is 1. The van der Waals surface area contributed by atoms with Crippen LogP contribution in [0.3, 0.4) is 0 Å². The van der Waals surface area contributed by atoms with Gasteiger partial charge in [-0.3, -0.25) is 4.79 Å². The summed E-state index contributed by atoms with van der Waals surface area (Å²) in [6.07, 6.45) is 0.0750. The largest absolute Gasteiger partial charge is 0.492 e. The Balaban J connectivity index is 1.87. The zero-order valence-corrected chi connectivity index (χ0v) is 19.8. The Kier molecular flexibility index (Phi) is 8.31. The molecule has 3 aromatic rings. The maximum absolute atomic E-state index is 13.4. The van der Waals surface area contributed by atoms with Gasteiger partial charge in [0.2, 0.25) is 15.9 Å². The number of ether oxygens (including phenoxy) is 1. The maximum Gasteiger partial charge on any atom is 0.242 e. The van der Waals surface area contributed by atoms with Crippen molar-refractivity contribution in [3.05, 3.63) is 88.2 Å². The van der Waals surface area contributed by atoms with Crippen molar-refractivity contribution in [3.63, 3.8) is 0 Å². The van der Waals surface area contributed by atoms with Gasteiger partial charge in [-0.15, -0.1) is 0 Å². The van der Waals surface area contributed by atoms with Gasteiger partial charge in [-0.25, -0.2) is 12.8 Å². The van der Waals surface area contributed by atoms with Crippen LogP contribution in [-0.2, 0) is 21.2 Å². The van der Waals surface area contributed by atoms with Crippen molar-refractivity contribution in [2.75, 3.05) is 11.9 Å². The summed E-state index contributed by atoms with van der Waals surface area (Å²) in [6, 6.07) is 15.5. The minimum Gasteiger partial charge on any atom is -0.492 e. The average Bonchev–Trinajstić information content (AvgIpc) is 2.78. The molecule has 0 bridgehead atoms. The predicted octanol–water partition coefficient (Wildman–Crippen LogP) is 5.06. The lowest BCUT2D eigenvalue weighted by molar-refractivity contribution is -0.117. The normalized spacial score (nSPS) is 12.2. The van der Waals surface area contributed by atoms with E-state index in [1.165, 1.54) is 30.3 Å². The highest BCUT2D eigenvalue weighted by molar-refractivity contribution is 7.89. The Morgan fingerprint density at radius 1 is 1.03 bits per heavy atom. The second-order valence-electron chi connectivity index (χ2n) is 7.01. The molecule has 10 heteroatoms. The fourth-order valence-corrected chi connectivity index (χ4v) is 4.72. The molecule has 0 aliphatic rings. The summed E-state index contributed by atoms with van der Waals surface area (Å²) in [5.41, 5.74) is 0.968. The number of carbonyl (C=O) groups is 1. The number of anilines is 1. The van der Waals surface area contributed by atoms with Gasteiger partial charge in [-0.05, 0) is 55.3 Å². The van der Waals surface area contributed by atoms with Gasteiger partial charge in [0, 0.05) is 5.69 Å². The molecule has 174 valence electrons. The number of benzene rings is 3. The molecule has 0 radical (unpaired) electrons. The Hall–Kier alpha value is -2.65. The van der Waals surface area contributed by atoms with Crippen molar-refractivity contribution in [2.24, 2.45) is 0 Å². The highest BCUT2D eigenvalue weighted by atomic mass is 35.5. The minimum absolute atomic E-state index is 0.0750. The highest BCUT2D eigenvalue weighted by Crippen LogP contribution is 2.27. The quantitative estimate of drug-likeness (QED) is 0.421. The van der Waals surface area contributed by atoms with Crippen LogP contribution in [0.1, 0.15) is 12.5 Å². The van der Waals surface area contributed by atoms with Crippen LogP contribution >= 0.6 is 23.2 Å². The van der Waals surface area contributed by atoms with Gasteiger partial charge >= 0.3 is 0 Å². The third kappa shape index (κ3) is 6.68. The number of amides is 1. The van der Waals surface area contributed by atoms with Crippen LogP contribution in [0.4, 0.5) is 10.1 Å². The molecule has 6 nitrogen and oxygen atoms in total. The first-order chi connectivity index (χ1) is 15.7. The van der Waals surface area contributed by atoms with Gasteiger partial charge < -0.3 is 10.1 Å². The molecule has 1 amide bonds. The van der Waals surface area contributed by atoms with Crippen molar-refractivity contribution in [1.29, 1.82) is 0 Å². The fourth-order valence-electron chi connectivity index (χ4n) is 3.02. The third-order valence-corrected chi connectivity index (χ3v) is 6.65. The smallest absolute Gasteiger partial charge is 0.242 e. The maximum atomic E-state index is 13.4. The Bertz CT molecular complexity index is 1240. The second kappa shape index (κ2) is 11.0. The number of rotatable bonds is 9. The number of hydrogen-bond donors (Lipinski definition) is 2. The number of nitrogens with one attached hydrogen (secondary N) is 2. The summed E-state index contributed by atoms with van der Waals surface area (Å²) >= 11 is 11.9. The third-order valence-electron chi connectivity index (χ3n) is 4.60. The summed E-state index contributed by atoms with van der Waals surface area (Å²) in [7, 11) is -4.12. The lowest BCUT2D eigenvalue weighted by Crippen LogP contribution is -2.45.